The van der Waals surface area contributed by atoms with Crippen molar-refractivity contribution >= 4 is 33.8 Å². The van der Waals surface area contributed by atoms with Crippen molar-refractivity contribution in [3.05, 3.63) is 29.8 Å². The number of hydrogen-bond acceptors (Lipinski definition) is 9. The van der Waals surface area contributed by atoms with Crippen LogP contribution in [0.1, 0.15) is 46.1 Å². The maximum atomic E-state index is 13.2. The van der Waals surface area contributed by atoms with Crippen LogP contribution in [-0.2, 0) is 38.7 Å². The number of aliphatic hydroxyl groups is 1. The van der Waals surface area contributed by atoms with Gasteiger partial charge in [0.1, 0.15) is 18.1 Å². The fourth-order valence-corrected chi connectivity index (χ4v) is 4.74. The van der Waals surface area contributed by atoms with Crippen molar-refractivity contribution in [1.29, 1.82) is 0 Å². The van der Waals surface area contributed by atoms with Crippen LogP contribution >= 0.6 is 0 Å². The van der Waals surface area contributed by atoms with Crippen molar-refractivity contribution in [2.24, 2.45) is 11.8 Å². The third kappa shape index (κ3) is 10.0. The van der Waals surface area contributed by atoms with Gasteiger partial charge >= 0.3 is 11.9 Å². The topological polar surface area (TPSA) is 177 Å². The second kappa shape index (κ2) is 14.8. The first-order chi connectivity index (χ1) is 17.6. The SMILES string of the molecule is COC(=O)[C@H](CC(C)C)NC(=O)[C@H](O)[C@@H](NS(=O)(=O)c1ccc(C)cc1)C(=O)N[C@@H](CC(C)C)C(=O)OC. The number of sulfonamides is 1. The molecule has 0 unspecified atom stereocenters. The predicted octanol–water partition coefficient (Wildman–Crippen LogP) is 0.411. The third-order valence-electron chi connectivity index (χ3n) is 5.50. The van der Waals surface area contributed by atoms with Crippen LogP contribution in [0.3, 0.4) is 0 Å². The van der Waals surface area contributed by atoms with E-state index in [2.05, 4.69) is 15.4 Å². The minimum absolute atomic E-state index is 0.0486. The van der Waals surface area contributed by atoms with Crippen LogP contribution in [0.4, 0.5) is 0 Å². The first-order valence-corrected chi connectivity index (χ1v) is 13.6. The molecule has 0 fully saturated rings. The molecule has 0 aromatic heterocycles. The summed E-state index contributed by atoms with van der Waals surface area (Å²) in [5.41, 5.74) is 0.784. The van der Waals surface area contributed by atoms with Crippen LogP contribution in [0.15, 0.2) is 29.2 Å². The molecule has 1 rings (SSSR count). The van der Waals surface area contributed by atoms with Gasteiger partial charge in [0, 0.05) is 0 Å². The van der Waals surface area contributed by atoms with Gasteiger partial charge < -0.3 is 25.2 Å². The second-order valence-electron chi connectivity index (χ2n) is 9.78. The fraction of sp³-hybridized carbons (Fsp3) is 0.600. The first kappa shape index (κ1) is 33.0. The largest absolute Gasteiger partial charge is 0.467 e. The Kier molecular flexibility index (Phi) is 12.8. The molecule has 214 valence electrons. The number of amides is 2. The van der Waals surface area contributed by atoms with Crippen LogP contribution in [0, 0.1) is 18.8 Å². The summed E-state index contributed by atoms with van der Waals surface area (Å²) in [6.07, 6.45) is -1.96. The van der Waals surface area contributed by atoms with Gasteiger partial charge in [0.2, 0.25) is 15.9 Å². The van der Waals surface area contributed by atoms with E-state index < -0.39 is 58.0 Å². The summed E-state index contributed by atoms with van der Waals surface area (Å²) in [5, 5.41) is 15.5. The van der Waals surface area contributed by atoms with Crippen molar-refractivity contribution in [1.82, 2.24) is 15.4 Å². The molecule has 4 atom stereocenters. The lowest BCUT2D eigenvalue weighted by molar-refractivity contribution is -0.148. The Balaban J connectivity index is 3.37. The van der Waals surface area contributed by atoms with Gasteiger partial charge in [0.15, 0.2) is 6.10 Å². The van der Waals surface area contributed by atoms with Crippen LogP contribution in [-0.4, -0.2) is 75.7 Å². The maximum absolute atomic E-state index is 13.2. The van der Waals surface area contributed by atoms with E-state index in [4.69, 9.17) is 9.47 Å². The van der Waals surface area contributed by atoms with Gasteiger partial charge in [-0.05, 0) is 43.7 Å². The van der Waals surface area contributed by atoms with Crippen LogP contribution in [0.2, 0.25) is 0 Å². The Labute approximate surface area is 223 Å². The van der Waals surface area contributed by atoms with Crippen LogP contribution in [0.5, 0.6) is 0 Å². The molecule has 12 nitrogen and oxygen atoms in total. The lowest BCUT2D eigenvalue weighted by Crippen LogP contribution is -2.61. The molecule has 1 aromatic carbocycles. The molecule has 2 amide bonds. The number of ether oxygens (including phenoxy) is 2. The van der Waals surface area contributed by atoms with Crippen molar-refractivity contribution in [2.45, 2.75) is 76.6 Å². The predicted molar refractivity (Wildman–Crippen MR) is 138 cm³/mol. The molecule has 0 aliphatic carbocycles. The average Bonchev–Trinajstić information content (AvgIpc) is 2.84. The third-order valence-corrected chi connectivity index (χ3v) is 6.96. The van der Waals surface area contributed by atoms with Gasteiger partial charge in [-0.3, -0.25) is 9.59 Å². The Hall–Kier alpha value is -3.03. The summed E-state index contributed by atoms with van der Waals surface area (Å²) in [5.74, 6) is -4.00. The Morgan fingerprint density at radius 3 is 1.63 bits per heavy atom. The summed E-state index contributed by atoms with van der Waals surface area (Å²) in [6, 6.07) is 1.29. The summed E-state index contributed by atoms with van der Waals surface area (Å²) >= 11 is 0. The number of carbonyl (C=O) groups excluding carboxylic acids is 4. The minimum Gasteiger partial charge on any atom is -0.467 e. The number of esters is 2. The van der Waals surface area contributed by atoms with Gasteiger partial charge in [-0.25, -0.2) is 18.0 Å². The first-order valence-electron chi connectivity index (χ1n) is 12.2. The summed E-state index contributed by atoms with van der Waals surface area (Å²) in [4.78, 5) is 50.4. The monoisotopic (exact) mass is 557 g/mol. The zero-order valence-electron chi connectivity index (χ0n) is 22.8. The van der Waals surface area contributed by atoms with Crippen LogP contribution in [0.25, 0.3) is 0 Å². The average molecular weight is 558 g/mol. The number of rotatable bonds is 14. The number of carbonyl (C=O) groups is 4. The smallest absolute Gasteiger partial charge is 0.328 e. The highest BCUT2D eigenvalue weighted by atomic mass is 32.2. The van der Waals surface area contributed by atoms with Crippen molar-refractivity contribution < 1.29 is 42.2 Å². The quantitative estimate of drug-likeness (QED) is 0.236. The zero-order chi connectivity index (χ0) is 29.2. The van der Waals surface area contributed by atoms with Gasteiger partial charge in [0.25, 0.3) is 5.91 Å². The lowest BCUT2D eigenvalue weighted by atomic mass is 10.0. The summed E-state index contributed by atoms with van der Waals surface area (Å²) in [6.45, 7) is 8.94. The highest BCUT2D eigenvalue weighted by Gasteiger charge is 2.39. The van der Waals surface area contributed by atoms with Gasteiger partial charge in [-0.1, -0.05) is 45.4 Å². The Morgan fingerprint density at radius 2 is 1.24 bits per heavy atom. The summed E-state index contributed by atoms with van der Waals surface area (Å²) in [7, 11) is -2.15. The van der Waals surface area contributed by atoms with Gasteiger partial charge in [-0.2, -0.15) is 4.72 Å². The molecule has 0 saturated heterocycles. The molecule has 38 heavy (non-hydrogen) atoms. The van der Waals surface area contributed by atoms with Crippen molar-refractivity contribution in [2.75, 3.05) is 14.2 Å². The number of aliphatic hydroxyl groups excluding tert-OH is 1. The minimum atomic E-state index is -4.41. The number of aryl methyl sites for hydroxylation is 1. The van der Waals surface area contributed by atoms with E-state index in [1.807, 2.05) is 0 Å². The van der Waals surface area contributed by atoms with Crippen LogP contribution < -0.4 is 15.4 Å². The van der Waals surface area contributed by atoms with E-state index in [0.29, 0.717) is 0 Å². The maximum Gasteiger partial charge on any atom is 0.328 e. The summed E-state index contributed by atoms with van der Waals surface area (Å²) < 4.78 is 37.6. The van der Waals surface area contributed by atoms with E-state index in [1.165, 1.54) is 24.3 Å². The second-order valence-corrected chi connectivity index (χ2v) is 11.5. The highest BCUT2D eigenvalue weighted by molar-refractivity contribution is 7.89. The van der Waals surface area contributed by atoms with E-state index in [-0.39, 0.29) is 29.6 Å². The number of hydrogen-bond donors (Lipinski definition) is 4. The Bertz CT molecular complexity index is 1070. The zero-order valence-corrected chi connectivity index (χ0v) is 23.6. The van der Waals surface area contributed by atoms with E-state index in [0.717, 1.165) is 19.8 Å². The van der Waals surface area contributed by atoms with Crippen molar-refractivity contribution in [3.8, 4) is 0 Å². The lowest BCUT2D eigenvalue weighted by Gasteiger charge is -2.27. The molecule has 0 radical (unpaired) electrons. The molecule has 4 N–H and O–H groups in total. The molecule has 0 saturated carbocycles. The number of benzene rings is 1. The van der Waals surface area contributed by atoms with Crippen molar-refractivity contribution in [3.63, 3.8) is 0 Å². The molecule has 0 aliphatic heterocycles. The fourth-order valence-electron chi connectivity index (χ4n) is 3.54. The molecule has 0 spiro atoms. The number of nitrogens with one attached hydrogen (secondary N) is 3. The molecule has 1 aromatic rings. The van der Waals surface area contributed by atoms with Gasteiger partial charge in [-0.15, -0.1) is 0 Å². The molecule has 0 heterocycles. The molecule has 0 bridgehead atoms. The standard InChI is InChI=1S/C25H39N3O9S/c1-14(2)12-18(24(32)36-6)26-22(30)20(28-38(34,35)17-10-8-16(5)9-11-17)21(29)23(31)27-19(13-15(3)4)25(33)37-7/h8-11,14-15,18-21,28-29H,12-13H2,1-7H3,(H,26,30)(H,27,31)/t18-,19-,20+,21+/m0/s1. The van der Waals surface area contributed by atoms with E-state index >= 15 is 0 Å². The molecular formula is C25H39N3O9S. The van der Waals surface area contributed by atoms with E-state index in [1.54, 1.807) is 34.6 Å². The van der Waals surface area contributed by atoms with Gasteiger partial charge in [0.05, 0.1) is 19.1 Å². The molecule has 0 aliphatic rings. The normalized spacial score (nSPS) is 14.8. The Morgan fingerprint density at radius 1 is 0.816 bits per heavy atom. The molecular weight excluding hydrogens is 518 g/mol. The number of methoxy groups -OCH3 is 2. The van der Waals surface area contributed by atoms with E-state index in [9.17, 15) is 32.7 Å². The molecule has 13 heteroatoms. The highest BCUT2D eigenvalue weighted by Crippen LogP contribution is 2.14.